The van der Waals surface area contributed by atoms with Crippen molar-refractivity contribution in [2.24, 2.45) is 10.8 Å². The molecule has 0 saturated heterocycles. The molecular weight excluding hydrogens is 631 g/mol. The highest BCUT2D eigenvalue weighted by Crippen LogP contribution is 2.41. The SMILES string of the molecule is CC(C)(C)CCOc1cccc(-c2ccc3nc2-c2ccccc2C(F)(F)COCCCN(CC(C)(C)CO)c2cccc(n2)SN3)c1. The minimum absolute atomic E-state index is 0.000144. The zero-order chi connectivity index (χ0) is 34.4. The standard InChI is InChI=1S/C38H46F2N4O3S/c1-36(2,3)19-22-47-28-12-8-11-27(23-28)29-17-18-32-41-35(29)30-13-6-7-14-31(30)38(39,40)26-46-21-10-20-44(24-37(4,5)25-45)33-15-9-16-34(42-33)48-43-32/h6-9,11-18,23,45H,10,19-22,24-26H2,1-5H3,(H,41,43). The number of benzene rings is 2. The second-order valence-electron chi connectivity index (χ2n) is 14.2. The summed E-state index contributed by atoms with van der Waals surface area (Å²) in [5.74, 6) is -1.33. The van der Waals surface area contributed by atoms with Crippen molar-refractivity contribution >= 4 is 23.6 Å². The van der Waals surface area contributed by atoms with E-state index in [1.165, 1.54) is 18.0 Å². The van der Waals surface area contributed by atoms with Crippen LogP contribution in [-0.4, -0.2) is 54.6 Å². The number of rotatable bonds is 7. The number of aromatic nitrogens is 2. The number of aliphatic hydroxyl groups is 1. The van der Waals surface area contributed by atoms with Crippen LogP contribution in [0.25, 0.3) is 22.4 Å². The van der Waals surface area contributed by atoms with Gasteiger partial charge in [-0.25, -0.2) is 9.97 Å². The van der Waals surface area contributed by atoms with Crippen LogP contribution in [0, 0.1) is 10.8 Å². The van der Waals surface area contributed by atoms with Crippen molar-refractivity contribution in [3.63, 3.8) is 0 Å². The molecular formula is C38H46F2N4O3S. The van der Waals surface area contributed by atoms with Gasteiger partial charge in [0.1, 0.15) is 29.0 Å². The second kappa shape index (κ2) is 15.2. The van der Waals surface area contributed by atoms with Crippen LogP contribution in [0.2, 0.25) is 0 Å². The molecule has 5 rings (SSSR count). The monoisotopic (exact) mass is 676 g/mol. The molecule has 2 N–H and O–H groups in total. The van der Waals surface area contributed by atoms with E-state index in [1.807, 2.05) is 68.4 Å². The molecule has 256 valence electrons. The lowest BCUT2D eigenvalue weighted by Crippen LogP contribution is -2.38. The van der Waals surface area contributed by atoms with E-state index in [0.29, 0.717) is 54.5 Å². The number of hydrogen-bond acceptors (Lipinski definition) is 8. The predicted octanol–water partition coefficient (Wildman–Crippen LogP) is 9.08. The fourth-order valence-electron chi connectivity index (χ4n) is 5.41. The fraction of sp³-hybridized carbons (Fsp3) is 0.421. The summed E-state index contributed by atoms with van der Waals surface area (Å²) in [5.41, 5.74) is 1.87. The lowest BCUT2D eigenvalue weighted by Gasteiger charge is -2.32. The summed E-state index contributed by atoms with van der Waals surface area (Å²) in [7, 11) is 0. The van der Waals surface area contributed by atoms with Gasteiger partial charge in [0.2, 0.25) is 0 Å². The molecule has 0 atom stereocenters. The zero-order valence-corrected chi connectivity index (χ0v) is 29.2. The minimum Gasteiger partial charge on any atom is -0.494 e. The quantitative estimate of drug-likeness (QED) is 0.188. The number of nitrogens with one attached hydrogen (secondary N) is 1. The van der Waals surface area contributed by atoms with Gasteiger partial charge in [-0.1, -0.05) is 77.1 Å². The van der Waals surface area contributed by atoms with Gasteiger partial charge in [-0.2, -0.15) is 8.78 Å². The number of anilines is 2. The number of alkyl halides is 2. The molecule has 1 aliphatic rings. The van der Waals surface area contributed by atoms with Gasteiger partial charge in [0.25, 0.3) is 5.92 Å². The van der Waals surface area contributed by atoms with Crippen LogP contribution < -0.4 is 14.4 Å². The van der Waals surface area contributed by atoms with Crippen molar-refractivity contribution in [2.45, 2.75) is 58.4 Å². The molecule has 2 aromatic carbocycles. The first kappa shape index (κ1) is 35.6. The number of nitrogens with zero attached hydrogens (tertiary/aromatic N) is 3. The molecule has 0 unspecified atom stereocenters. The molecule has 3 heterocycles. The average Bonchev–Trinajstić information content (AvgIpc) is 3.06. The molecule has 0 fully saturated rings. The van der Waals surface area contributed by atoms with Crippen LogP contribution in [0.15, 0.2) is 83.9 Å². The van der Waals surface area contributed by atoms with Crippen molar-refractivity contribution in [3.8, 4) is 28.1 Å². The van der Waals surface area contributed by atoms with Crippen molar-refractivity contribution in [1.29, 1.82) is 0 Å². The Morgan fingerprint density at radius 3 is 2.54 bits per heavy atom. The van der Waals surface area contributed by atoms with Crippen LogP contribution in [0.5, 0.6) is 5.75 Å². The molecule has 0 spiro atoms. The molecule has 48 heavy (non-hydrogen) atoms. The summed E-state index contributed by atoms with van der Waals surface area (Å²) in [5, 5.41) is 10.7. The Balaban J connectivity index is 1.55. The van der Waals surface area contributed by atoms with Gasteiger partial charge in [0.15, 0.2) is 0 Å². The van der Waals surface area contributed by atoms with Gasteiger partial charge in [-0.3, -0.25) is 0 Å². The van der Waals surface area contributed by atoms with Crippen LogP contribution in [0.4, 0.5) is 20.4 Å². The summed E-state index contributed by atoms with van der Waals surface area (Å²) < 4.78 is 47.1. The van der Waals surface area contributed by atoms with Crippen molar-refractivity contribution in [1.82, 2.24) is 9.97 Å². The Morgan fingerprint density at radius 1 is 0.958 bits per heavy atom. The molecule has 0 aliphatic carbocycles. The summed E-state index contributed by atoms with van der Waals surface area (Å²) >= 11 is 1.30. The lowest BCUT2D eigenvalue weighted by molar-refractivity contribution is -0.0823. The number of ether oxygens (including phenoxy) is 2. The van der Waals surface area contributed by atoms with Gasteiger partial charge >= 0.3 is 0 Å². The topological polar surface area (TPSA) is 79.7 Å². The Bertz CT molecular complexity index is 1680. The van der Waals surface area contributed by atoms with Crippen molar-refractivity contribution in [2.75, 3.05) is 49.1 Å². The van der Waals surface area contributed by atoms with E-state index in [4.69, 9.17) is 19.4 Å². The third-order valence-corrected chi connectivity index (χ3v) is 8.82. The maximum atomic E-state index is 16.0. The zero-order valence-electron chi connectivity index (χ0n) is 28.4. The van der Waals surface area contributed by atoms with E-state index < -0.39 is 12.5 Å². The molecule has 1 aliphatic heterocycles. The maximum absolute atomic E-state index is 16.0. The number of pyridine rings is 2. The van der Waals surface area contributed by atoms with Crippen LogP contribution in [-0.2, 0) is 10.7 Å². The van der Waals surface area contributed by atoms with E-state index in [0.717, 1.165) is 22.8 Å². The van der Waals surface area contributed by atoms with E-state index in [2.05, 4.69) is 30.4 Å². The first-order chi connectivity index (χ1) is 22.8. The summed E-state index contributed by atoms with van der Waals surface area (Å²) in [6, 6.07) is 23.7. The Kier molecular flexibility index (Phi) is 11.3. The third-order valence-electron chi connectivity index (χ3n) is 8.08. The van der Waals surface area contributed by atoms with E-state index in [-0.39, 0.29) is 29.6 Å². The maximum Gasteiger partial charge on any atom is 0.296 e. The highest BCUT2D eigenvalue weighted by molar-refractivity contribution is 8.00. The predicted molar refractivity (Wildman–Crippen MR) is 191 cm³/mol. The Morgan fingerprint density at radius 2 is 1.75 bits per heavy atom. The number of hydrogen-bond donors (Lipinski definition) is 2. The highest BCUT2D eigenvalue weighted by atomic mass is 32.2. The second-order valence-corrected chi connectivity index (χ2v) is 15.0. The Labute approximate surface area is 287 Å². The van der Waals surface area contributed by atoms with Crippen molar-refractivity contribution in [3.05, 3.63) is 84.4 Å². The van der Waals surface area contributed by atoms with Crippen LogP contribution in [0.3, 0.4) is 0 Å². The van der Waals surface area contributed by atoms with Gasteiger partial charge in [-0.15, -0.1) is 0 Å². The summed E-state index contributed by atoms with van der Waals surface area (Å²) in [6.45, 7) is 11.5. The number of halogens is 2. The largest absolute Gasteiger partial charge is 0.494 e. The van der Waals surface area contributed by atoms with E-state index in [1.54, 1.807) is 18.2 Å². The Hall–Kier alpha value is -3.73. The third kappa shape index (κ3) is 9.45. The molecule has 7 nitrogen and oxygen atoms in total. The summed E-state index contributed by atoms with van der Waals surface area (Å²) in [4.78, 5) is 11.9. The fourth-order valence-corrected chi connectivity index (χ4v) is 6.02. The van der Waals surface area contributed by atoms with E-state index >= 15 is 8.78 Å². The van der Waals surface area contributed by atoms with Gasteiger partial charge in [0, 0.05) is 60.4 Å². The highest BCUT2D eigenvalue weighted by Gasteiger charge is 2.35. The first-order valence-electron chi connectivity index (χ1n) is 16.4. The molecule has 2 aromatic heterocycles. The molecule has 0 saturated carbocycles. The van der Waals surface area contributed by atoms with Crippen LogP contribution >= 0.6 is 11.9 Å². The van der Waals surface area contributed by atoms with Gasteiger partial charge in [0.05, 0.1) is 12.3 Å². The molecule has 4 aromatic rings. The number of aliphatic hydroxyl groups excluding tert-OH is 1. The molecule has 0 amide bonds. The van der Waals surface area contributed by atoms with Crippen molar-refractivity contribution < 1.29 is 23.4 Å². The van der Waals surface area contributed by atoms with Gasteiger partial charge < -0.3 is 24.2 Å². The molecule has 4 bridgehead atoms. The first-order valence-corrected chi connectivity index (χ1v) is 17.2. The summed E-state index contributed by atoms with van der Waals surface area (Å²) in [6.07, 6.45) is 1.40. The van der Waals surface area contributed by atoms with E-state index in [9.17, 15) is 5.11 Å². The molecule has 10 heteroatoms. The smallest absolute Gasteiger partial charge is 0.296 e. The normalized spacial score (nSPS) is 15.6. The van der Waals surface area contributed by atoms with Crippen LogP contribution in [0.1, 0.15) is 53.0 Å². The molecule has 0 radical (unpaired) electrons. The lowest BCUT2D eigenvalue weighted by atomic mass is 9.93. The average molecular weight is 677 g/mol. The minimum atomic E-state index is -3.27. The van der Waals surface area contributed by atoms with Gasteiger partial charge in [-0.05, 0) is 60.2 Å². The number of fused-ring (bicyclic) bond motifs is 6.